The van der Waals surface area contributed by atoms with Gasteiger partial charge in [-0.1, -0.05) is 18.9 Å². The van der Waals surface area contributed by atoms with Crippen LogP contribution in [-0.2, 0) is 0 Å². The number of nitrogens with one attached hydrogen (secondary N) is 2. The van der Waals surface area contributed by atoms with Crippen molar-refractivity contribution < 1.29 is 13.9 Å². The largest absolute Gasteiger partial charge is 0.493 e. The van der Waals surface area contributed by atoms with Crippen LogP contribution < -0.4 is 14.8 Å². The number of carbonyl (C=O) groups excluding carboxylic acids is 1. The third-order valence-corrected chi connectivity index (χ3v) is 5.33. The summed E-state index contributed by atoms with van der Waals surface area (Å²) in [6.45, 7) is 4.81. The van der Waals surface area contributed by atoms with Crippen molar-refractivity contribution in [3.63, 3.8) is 0 Å². The first-order chi connectivity index (χ1) is 11.5. The number of ether oxygens (including phenoxy) is 1. The van der Waals surface area contributed by atoms with Gasteiger partial charge in [0, 0.05) is 17.7 Å². The molecule has 2 N–H and O–H groups in total. The van der Waals surface area contributed by atoms with Crippen molar-refractivity contribution in [1.29, 1.82) is 0 Å². The molecule has 0 spiro atoms. The Kier molecular flexibility index (Phi) is 5.35. The number of hydrogen-bond donors (Lipinski definition) is 2. The van der Waals surface area contributed by atoms with E-state index in [4.69, 9.17) is 4.74 Å². The van der Waals surface area contributed by atoms with Gasteiger partial charge >= 0.3 is 0 Å². The summed E-state index contributed by atoms with van der Waals surface area (Å²) in [5, 5.41) is 3.36. The van der Waals surface area contributed by atoms with Crippen LogP contribution in [0.2, 0.25) is 0 Å². The lowest BCUT2D eigenvalue weighted by atomic mass is 9.82. The lowest BCUT2D eigenvalue weighted by Gasteiger charge is -2.34. The molecule has 1 aromatic carbocycles. The first kappa shape index (κ1) is 17.5. The Labute approximate surface area is 147 Å². The van der Waals surface area contributed by atoms with Gasteiger partial charge in [0.2, 0.25) is 0 Å². The number of benzene rings is 1. The Hall–Kier alpha value is -1.27. The van der Waals surface area contributed by atoms with Gasteiger partial charge in [0.15, 0.2) is 0 Å². The van der Waals surface area contributed by atoms with Crippen molar-refractivity contribution in [2.24, 2.45) is 5.41 Å². The van der Waals surface area contributed by atoms with E-state index in [1.165, 1.54) is 18.0 Å². The molecule has 1 amide bonds. The topological polar surface area (TPSA) is 50.4 Å². The molecule has 0 bridgehead atoms. The Morgan fingerprint density at radius 2 is 2.12 bits per heavy atom. The van der Waals surface area contributed by atoms with Crippen LogP contribution in [0.25, 0.3) is 0 Å². The molecule has 1 saturated heterocycles. The monoisotopic (exact) mass is 352 g/mol. The summed E-state index contributed by atoms with van der Waals surface area (Å²) in [7, 11) is 0. The lowest BCUT2D eigenvalue weighted by molar-refractivity contribution is 0.0979. The molecule has 4 nitrogen and oxygen atoms in total. The molecule has 1 saturated carbocycles. The van der Waals surface area contributed by atoms with E-state index in [1.807, 2.05) is 0 Å². The van der Waals surface area contributed by atoms with E-state index in [0.29, 0.717) is 18.3 Å². The fraction of sp³-hybridized carbons (Fsp3) is 0.611. The average molecular weight is 352 g/mol. The summed E-state index contributed by atoms with van der Waals surface area (Å²) < 4.78 is 23.0. The number of halogens is 1. The highest BCUT2D eigenvalue weighted by Gasteiger charge is 2.32. The van der Waals surface area contributed by atoms with E-state index in [0.717, 1.165) is 44.3 Å². The Morgan fingerprint density at radius 3 is 2.75 bits per heavy atom. The molecular weight excluding hydrogens is 327 g/mol. The van der Waals surface area contributed by atoms with Crippen molar-refractivity contribution in [3.05, 3.63) is 29.1 Å². The van der Waals surface area contributed by atoms with Crippen LogP contribution in [0.1, 0.15) is 54.4 Å². The van der Waals surface area contributed by atoms with Gasteiger partial charge in [0.1, 0.15) is 11.6 Å². The van der Waals surface area contributed by atoms with Gasteiger partial charge in [-0.05, 0) is 56.3 Å². The fourth-order valence-corrected chi connectivity index (χ4v) is 3.45. The minimum Gasteiger partial charge on any atom is -0.493 e. The van der Waals surface area contributed by atoms with Gasteiger partial charge in [-0.2, -0.15) is 0 Å². The van der Waals surface area contributed by atoms with Crippen LogP contribution in [0.15, 0.2) is 12.1 Å². The molecule has 3 rings (SSSR count). The molecule has 2 aliphatic rings. The molecule has 6 heteroatoms. The van der Waals surface area contributed by atoms with Gasteiger partial charge in [-0.3, -0.25) is 9.52 Å². The van der Waals surface area contributed by atoms with Crippen molar-refractivity contribution in [2.75, 3.05) is 26.0 Å². The number of hydrogen-bond acceptors (Lipinski definition) is 4. The number of carbonyl (C=O) groups is 1. The molecule has 0 aromatic heterocycles. The molecule has 132 valence electrons. The fourth-order valence-electron chi connectivity index (χ4n) is 3.16. The minimum absolute atomic E-state index is 0.103. The third-order valence-electron chi connectivity index (χ3n) is 4.94. The zero-order chi connectivity index (χ0) is 17.2. The Bertz CT molecular complexity index is 613. The molecular formula is C18H25FN2O2S. The predicted molar refractivity (Wildman–Crippen MR) is 95.1 cm³/mol. The Morgan fingerprint density at radius 1 is 1.42 bits per heavy atom. The molecule has 1 heterocycles. The molecule has 1 aliphatic carbocycles. The maximum atomic E-state index is 14.4. The maximum Gasteiger partial charge on any atom is 0.264 e. The van der Waals surface area contributed by atoms with Gasteiger partial charge < -0.3 is 10.1 Å². The first-order valence-electron chi connectivity index (χ1n) is 8.53. The van der Waals surface area contributed by atoms with Crippen LogP contribution in [-0.4, -0.2) is 31.9 Å². The zero-order valence-corrected chi connectivity index (χ0v) is 15.1. The quantitative estimate of drug-likeness (QED) is 0.770. The third kappa shape index (κ3) is 4.03. The van der Waals surface area contributed by atoms with E-state index >= 15 is 0 Å². The van der Waals surface area contributed by atoms with Gasteiger partial charge in [0.05, 0.1) is 12.2 Å². The molecule has 0 atom stereocenters. The normalized spacial score (nSPS) is 19.8. The zero-order valence-electron chi connectivity index (χ0n) is 14.3. The summed E-state index contributed by atoms with van der Waals surface area (Å²) in [6, 6.07) is 3.08. The van der Waals surface area contributed by atoms with Gasteiger partial charge in [0.25, 0.3) is 5.91 Å². The van der Waals surface area contributed by atoms with Crippen LogP contribution >= 0.6 is 11.9 Å². The molecule has 0 unspecified atom stereocenters. The molecule has 2 fully saturated rings. The van der Waals surface area contributed by atoms with Gasteiger partial charge in [-0.25, -0.2) is 4.39 Å². The second-order valence-corrected chi connectivity index (χ2v) is 7.74. The van der Waals surface area contributed by atoms with Crippen molar-refractivity contribution >= 4 is 17.9 Å². The second-order valence-electron chi connectivity index (χ2n) is 7.13. The predicted octanol–water partition coefficient (Wildman–Crippen LogP) is 3.48. The summed E-state index contributed by atoms with van der Waals surface area (Å²) in [5.74, 6) is 0.0906. The molecule has 0 radical (unpaired) electrons. The van der Waals surface area contributed by atoms with Crippen molar-refractivity contribution in [2.45, 2.75) is 38.5 Å². The maximum absolute atomic E-state index is 14.4. The SMILES string of the molecule is CSNC(=O)c1cc(C2CC2)c(OCC2(C)CCNCC2)cc1F. The summed E-state index contributed by atoms with van der Waals surface area (Å²) in [4.78, 5) is 12.0. The number of amides is 1. The van der Waals surface area contributed by atoms with E-state index < -0.39 is 11.7 Å². The summed E-state index contributed by atoms with van der Waals surface area (Å²) >= 11 is 1.17. The molecule has 1 aromatic rings. The first-order valence-corrected chi connectivity index (χ1v) is 9.75. The van der Waals surface area contributed by atoms with E-state index in [2.05, 4.69) is 17.0 Å². The van der Waals surface area contributed by atoms with Crippen LogP contribution in [0, 0.1) is 11.2 Å². The van der Waals surface area contributed by atoms with Crippen LogP contribution in [0.5, 0.6) is 5.75 Å². The minimum atomic E-state index is -0.517. The highest BCUT2D eigenvalue weighted by molar-refractivity contribution is 7.97. The Balaban J connectivity index is 1.79. The van der Waals surface area contributed by atoms with Crippen LogP contribution in [0.4, 0.5) is 4.39 Å². The summed E-state index contributed by atoms with van der Waals surface area (Å²) in [5.41, 5.74) is 1.20. The van der Waals surface area contributed by atoms with E-state index in [1.54, 1.807) is 12.3 Å². The lowest BCUT2D eigenvalue weighted by Crippen LogP contribution is -2.38. The van der Waals surface area contributed by atoms with E-state index in [9.17, 15) is 9.18 Å². The average Bonchev–Trinajstić information content (AvgIpc) is 3.39. The number of piperidine rings is 1. The standard InChI is InChI=1S/C18H25FN2O2S/c1-18(5-7-20-8-6-18)11-23-16-10-15(19)14(17(22)21-24-2)9-13(16)12-3-4-12/h9-10,12,20H,3-8,11H2,1-2H3,(H,21,22). The highest BCUT2D eigenvalue weighted by Crippen LogP contribution is 2.45. The van der Waals surface area contributed by atoms with Crippen LogP contribution in [0.3, 0.4) is 0 Å². The molecule has 24 heavy (non-hydrogen) atoms. The highest BCUT2D eigenvalue weighted by atomic mass is 32.2. The smallest absolute Gasteiger partial charge is 0.264 e. The van der Waals surface area contributed by atoms with E-state index in [-0.39, 0.29) is 11.0 Å². The van der Waals surface area contributed by atoms with Gasteiger partial charge in [-0.15, -0.1) is 0 Å². The van der Waals surface area contributed by atoms with Crippen molar-refractivity contribution in [3.8, 4) is 5.75 Å². The summed E-state index contributed by atoms with van der Waals surface area (Å²) in [6.07, 6.45) is 6.01. The van der Waals surface area contributed by atoms with Crippen molar-refractivity contribution in [1.82, 2.24) is 10.0 Å². The second kappa shape index (κ2) is 7.31. The molecule has 1 aliphatic heterocycles. The number of rotatable bonds is 6.